The molecule has 0 saturated heterocycles. The number of hydrogen-bond acceptors (Lipinski definition) is 10. The van der Waals surface area contributed by atoms with Crippen LogP contribution in [-0.2, 0) is 4.79 Å². The van der Waals surface area contributed by atoms with Crippen molar-refractivity contribution < 1.29 is 34.4 Å². The van der Waals surface area contributed by atoms with Crippen molar-refractivity contribution in [1.82, 2.24) is 31.9 Å². The van der Waals surface area contributed by atoms with Gasteiger partial charge in [0.05, 0.1) is 0 Å². The molecule has 12 rings (SSSR count). The van der Waals surface area contributed by atoms with Crippen LogP contribution >= 0.6 is 0 Å². The van der Waals surface area contributed by atoms with Gasteiger partial charge in [-0.15, -0.1) is 0 Å². The molecule has 0 aromatic heterocycles. The van der Waals surface area contributed by atoms with E-state index >= 15 is 0 Å². The number of carbonyl (C=O) groups is 1. The molecule has 26 atom stereocenters. The number of Topliss-reactive ketones (excluding diaryl/α,β-unsaturated/α-hetero) is 1. The van der Waals surface area contributed by atoms with E-state index in [1.807, 2.05) is 0 Å². The molecule has 12 saturated carbocycles. The van der Waals surface area contributed by atoms with Crippen molar-refractivity contribution in [2.24, 2.45) is 168 Å². The van der Waals surface area contributed by atoms with Crippen LogP contribution < -0.4 is 72.9 Å². The van der Waals surface area contributed by atoms with E-state index < -0.39 is 0 Å². The smallest absolute Gasteiger partial charge is 0.512 e. The SMILES string of the molecule is CC(C)CCCC(C)[C@H]1CCC2C3CC[C@H]4CC(=O)CC[C@]4(C)C3CC[C@@]21C.CC(C)CCCC(C)[C@H]1CCC2C3CC[C@H]4C[C@@H](NCCCNCCCCNCCCN)CC[C@]4(C)C3CC[C@@]21C.CC(C)CCCC(C)[C@H]1CCC2C3CC[C@H]4C[C@H](NCCCNCCCCNCCCN)CC[C@]4(C)C3CC[C@@]21C.[B].[C-]#N.[Na+]. The number of nitrogens with zero attached hydrogens (tertiary/aromatic N) is 1. The average Bonchev–Trinajstić information content (AvgIpc) is 1.43. The maximum absolute atomic E-state index is 12.1. The van der Waals surface area contributed by atoms with Gasteiger partial charge in [0.1, 0.15) is 5.78 Å². The van der Waals surface area contributed by atoms with E-state index in [0.717, 1.165) is 222 Å². The number of nitrogens with one attached hydrogen (secondary N) is 6. The fourth-order valence-electron chi connectivity index (χ4n) is 31.0. The Balaban J connectivity index is 0.000000236. The summed E-state index contributed by atoms with van der Waals surface area (Å²) in [5.41, 5.74) is 14.7. The first-order valence-corrected chi connectivity index (χ1v) is 50.3. The quantitative estimate of drug-likeness (QED) is 0.0168. The van der Waals surface area contributed by atoms with Crippen LogP contribution in [0.2, 0.25) is 0 Å². The van der Waals surface area contributed by atoms with Crippen LogP contribution in [0.1, 0.15) is 386 Å². The molecular weight excluding hydrogens is 1400 g/mol. The zero-order valence-corrected chi connectivity index (χ0v) is 80.5. The van der Waals surface area contributed by atoms with E-state index in [4.69, 9.17) is 23.3 Å². The molecule has 0 aromatic carbocycles. The van der Waals surface area contributed by atoms with E-state index in [-0.39, 0.29) is 38.0 Å². The summed E-state index contributed by atoms with van der Waals surface area (Å²) in [5, 5.41) is 28.5. The number of fused-ring (bicyclic) bond motifs is 15. The number of nitrogens with two attached hydrogens (primary N) is 2. The molecule has 0 heterocycles. The molecule has 0 spiro atoms. The summed E-state index contributed by atoms with van der Waals surface area (Å²) in [6, 6.07) is 1.53. The van der Waals surface area contributed by atoms with Crippen LogP contribution in [0.3, 0.4) is 0 Å². The average molecular weight is 1590 g/mol. The van der Waals surface area contributed by atoms with Gasteiger partial charge in [0.15, 0.2) is 0 Å². The molecule has 653 valence electrons. The van der Waals surface area contributed by atoms with E-state index in [9.17, 15) is 4.79 Å². The molecule has 0 bridgehead atoms. The number of rotatable bonds is 41. The van der Waals surface area contributed by atoms with E-state index in [1.54, 1.807) is 25.7 Å². The topological polar surface area (TPSA) is 165 Å². The van der Waals surface area contributed by atoms with Crippen molar-refractivity contribution in [3.8, 4) is 0 Å². The third kappa shape index (κ3) is 25.6. The first kappa shape index (κ1) is 101. The number of carbonyl (C=O) groups excluding carboxylic acids is 1. The van der Waals surface area contributed by atoms with Crippen LogP contribution in [0.15, 0.2) is 0 Å². The van der Waals surface area contributed by atoms with Gasteiger partial charge < -0.3 is 55.2 Å². The second kappa shape index (κ2) is 49.0. The zero-order valence-electron chi connectivity index (χ0n) is 78.5. The van der Waals surface area contributed by atoms with Crippen molar-refractivity contribution in [3.05, 3.63) is 6.57 Å². The largest absolute Gasteiger partial charge is 1.00 e. The summed E-state index contributed by atoms with van der Waals surface area (Å²) in [6.45, 7) is 56.2. The number of hydrogen-bond donors (Lipinski definition) is 8. The maximum Gasteiger partial charge on any atom is 1.00 e. The molecule has 114 heavy (non-hydrogen) atoms. The molecule has 12 aliphatic rings. The fraction of sp³-hybridized carbons (Fsp3) is 0.980. The van der Waals surface area contributed by atoms with Gasteiger partial charge in [-0.3, -0.25) is 4.79 Å². The van der Waals surface area contributed by atoms with Crippen LogP contribution in [0.5, 0.6) is 0 Å². The van der Waals surface area contributed by atoms with Crippen molar-refractivity contribution >= 4 is 14.2 Å². The molecule has 12 heteroatoms. The predicted octanol–water partition coefficient (Wildman–Crippen LogP) is 19.9. The summed E-state index contributed by atoms with van der Waals surface area (Å²) in [5.74, 6) is 20.4. The maximum atomic E-state index is 12.1. The minimum atomic E-state index is 0. The van der Waals surface area contributed by atoms with Crippen LogP contribution in [0.25, 0.3) is 0 Å². The van der Waals surface area contributed by atoms with Crippen LogP contribution in [0, 0.1) is 169 Å². The van der Waals surface area contributed by atoms with E-state index in [1.165, 1.54) is 244 Å². The van der Waals surface area contributed by atoms with Gasteiger partial charge in [-0.2, -0.15) is 0 Å². The second-order valence-electron chi connectivity index (χ2n) is 45.1. The van der Waals surface area contributed by atoms with Crippen molar-refractivity contribution in [1.29, 1.82) is 5.26 Å². The third-order valence-corrected chi connectivity index (χ3v) is 37.4. The van der Waals surface area contributed by atoms with Gasteiger partial charge in [-0.1, -0.05) is 162 Å². The molecule has 0 amide bonds. The predicted molar refractivity (Wildman–Crippen MR) is 485 cm³/mol. The van der Waals surface area contributed by atoms with Crippen molar-refractivity contribution in [2.75, 3.05) is 78.5 Å². The first-order chi connectivity index (χ1) is 53.8. The Bertz CT molecular complexity index is 2560. The van der Waals surface area contributed by atoms with Gasteiger partial charge >= 0.3 is 29.6 Å². The van der Waals surface area contributed by atoms with Crippen LogP contribution in [0.4, 0.5) is 0 Å². The normalized spacial score (nSPS) is 38.5. The Morgan fingerprint density at radius 1 is 0.342 bits per heavy atom. The molecule has 0 aromatic rings. The number of ketones is 1. The van der Waals surface area contributed by atoms with Gasteiger partial charge in [0.2, 0.25) is 0 Å². The fourth-order valence-corrected chi connectivity index (χ4v) is 31.0. The third-order valence-electron chi connectivity index (χ3n) is 37.4. The molecule has 10 nitrogen and oxygen atoms in total. The minimum absolute atomic E-state index is 0. The van der Waals surface area contributed by atoms with Gasteiger partial charge in [0, 0.05) is 33.3 Å². The first-order valence-electron chi connectivity index (χ1n) is 50.3. The summed E-state index contributed by atoms with van der Waals surface area (Å²) in [4.78, 5) is 12.1. The monoisotopic (exact) mass is 1590 g/mol. The van der Waals surface area contributed by atoms with Gasteiger partial charge in [-0.05, 0) is 447 Å². The molecule has 0 aliphatic heterocycles. The number of unbranched alkanes of at least 4 members (excludes halogenated alkanes) is 2. The zero-order chi connectivity index (χ0) is 80.7. The molecule has 10 N–H and O–H groups in total. The van der Waals surface area contributed by atoms with E-state index in [2.05, 4.69) is 136 Å². The second-order valence-corrected chi connectivity index (χ2v) is 45.1. The molecule has 12 unspecified atom stereocenters. The summed E-state index contributed by atoms with van der Waals surface area (Å²) in [6.07, 6.45) is 61.4. The van der Waals surface area contributed by atoms with E-state index in [0.29, 0.717) is 44.2 Å². The summed E-state index contributed by atoms with van der Waals surface area (Å²) >= 11 is 0. The Hall–Kier alpha value is -0.0951. The molecule has 12 aliphatic carbocycles. The van der Waals surface area contributed by atoms with Gasteiger partial charge in [-0.25, -0.2) is 0 Å². The Morgan fingerprint density at radius 2 is 0.632 bits per heavy atom. The van der Waals surface area contributed by atoms with Crippen molar-refractivity contribution in [3.63, 3.8) is 0 Å². The molecule has 12 fully saturated rings. The molecule has 3 radical (unpaired) electrons. The summed E-state index contributed by atoms with van der Waals surface area (Å²) < 4.78 is 0. The summed E-state index contributed by atoms with van der Waals surface area (Å²) in [7, 11) is 0. The minimum Gasteiger partial charge on any atom is -0.512 e. The molecular formula is C102H190BN9NaO. The standard InChI is InChI=1S/2C37H72N4.C27H46O.CN.B.Na/c2*1-28(2)11-8-12-29(3)33-15-16-34-32-14-13-30-27-31(17-19-36(30,4)35(32)18-20-37(33,34)5)41-26-10-25-40-23-7-6-22-39-24-9-21-38;1-18(2)7-6-8-19(3)23-11-12-24-22-10-9-20-17-21(28)13-15-26(20,4)25(22)14-16-27(23,24)5;1-2;;/h2*28-35,39-41H,6-27,38H2,1-5H3;18-20,22-25H,6-17H2,1-5H3;;;/q;;;-1;;+1/t29?,30-,31+,32?,33+,34?,35?,36-,37+;29?,30-,31-,32?,33+,34?,35?,36-,37+;19?,20-,22?,23+,24?,25?,26-,27+;;;/m000.../s1. The Morgan fingerprint density at radius 3 is 0.956 bits per heavy atom. The van der Waals surface area contributed by atoms with Crippen LogP contribution in [-0.4, -0.2) is 105 Å². The Labute approximate surface area is 732 Å². The van der Waals surface area contributed by atoms with Gasteiger partial charge in [0.25, 0.3) is 0 Å². The van der Waals surface area contributed by atoms with Crippen molar-refractivity contribution in [2.45, 2.75) is 398 Å². The Kier molecular flexibility index (Phi) is 43.4.